The van der Waals surface area contributed by atoms with Crippen LogP contribution in [0.3, 0.4) is 0 Å². The predicted octanol–water partition coefficient (Wildman–Crippen LogP) is 3.73. The summed E-state index contributed by atoms with van der Waals surface area (Å²) < 4.78 is 0. The van der Waals surface area contributed by atoms with Gasteiger partial charge in [0.25, 0.3) is 0 Å². The quantitative estimate of drug-likeness (QED) is 0.765. The van der Waals surface area contributed by atoms with Crippen molar-refractivity contribution in [3.63, 3.8) is 0 Å². The monoisotopic (exact) mass is 265 g/mol. The van der Waals surface area contributed by atoms with E-state index in [-0.39, 0.29) is 11.0 Å². The zero-order chi connectivity index (χ0) is 13.4. The first-order valence-electron chi connectivity index (χ1n) is 7.49. The van der Waals surface area contributed by atoms with E-state index in [2.05, 4.69) is 51.1 Å². The Bertz CT molecular complexity index is 319. The molecule has 1 atom stereocenters. The molecule has 0 saturated heterocycles. The van der Waals surface area contributed by atoms with Gasteiger partial charge in [0.1, 0.15) is 0 Å². The van der Waals surface area contributed by atoms with Crippen molar-refractivity contribution < 1.29 is 5.48 Å². The maximum absolute atomic E-state index is 6.63. The van der Waals surface area contributed by atoms with Gasteiger partial charge in [-0.1, -0.05) is 63.9 Å². The maximum Gasteiger partial charge on any atom is 0.0180 e. The first-order chi connectivity index (χ1) is 8.66. The summed E-state index contributed by atoms with van der Waals surface area (Å²) in [5.74, 6) is 0.606. The van der Waals surface area contributed by atoms with Crippen LogP contribution in [0.1, 0.15) is 58.4 Å². The number of benzene rings is 1. The standard InChI is InChI=1S/C17H29N.H2O/c1-4-7-13-16(17(18,5-2)6-3)14-15-11-9-8-10-12-15;/h8-12,16H,4-7,13-14,18H2,1-3H3;1H2. The highest BCUT2D eigenvalue weighted by Gasteiger charge is 2.30. The summed E-state index contributed by atoms with van der Waals surface area (Å²) in [6, 6.07) is 10.8. The third-order valence-electron chi connectivity index (χ3n) is 4.36. The molecular formula is C17H31NO. The van der Waals surface area contributed by atoms with E-state index in [1.54, 1.807) is 0 Å². The third-order valence-corrected chi connectivity index (χ3v) is 4.36. The van der Waals surface area contributed by atoms with Gasteiger partial charge < -0.3 is 11.2 Å². The van der Waals surface area contributed by atoms with E-state index in [9.17, 15) is 0 Å². The van der Waals surface area contributed by atoms with E-state index in [4.69, 9.17) is 5.73 Å². The van der Waals surface area contributed by atoms with E-state index in [0.717, 1.165) is 19.3 Å². The molecule has 0 amide bonds. The van der Waals surface area contributed by atoms with E-state index in [0.29, 0.717) is 5.92 Å². The van der Waals surface area contributed by atoms with Gasteiger partial charge in [-0.2, -0.15) is 0 Å². The Labute approximate surface area is 118 Å². The molecule has 0 radical (unpaired) electrons. The van der Waals surface area contributed by atoms with E-state index in [1.165, 1.54) is 24.8 Å². The SMILES string of the molecule is CCCCC(Cc1ccccc1)C(N)(CC)CC.O. The topological polar surface area (TPSA) is 57.5 Å². The fourth-order valence-electron chi connectivity index (χ4n) is 2.77. The minimum absolute atomic E-state index is 0. The highest BCUT2D eigenvalue weighted by molar-refractivity contribution is 5.16. The van der Waals surface area contributed by atoms with Gasteiger partial charge in [0.05, 0.1) is 0 Å². The molecular weight excluding hydrogens is 234 g/mol. The number of nitrogens with two attached hydrogens (primary N) is 1. The van der Waals surface area contributed by atoms with Crippen molar-refractivity contribution in [2.45, 2.75) is 64.8 Å². The number of rotatable bonds is 8. The molecule has 0 bridgehead atoms. The molecule has 110 valence electrons. The van der Waals surface area contributed by atoms with Crippen LogP contribution in [0.25, 0.3) is 0 Å². The smallest absolute Gasteiger partial charge is 0.0180 e. The summed E-state index contributed by atoms with van der Waals surface area (Å²) in [5.41, 5.74) is 8.06. The highest BCUT2D eigenvalue weighted by atomic mass is 16.0. The van der Waals surface area contributed by atoms with Gasteiger partial charge in [-0.05, 0) is 37.2 Å². The maximum atomic E-state index is 6.63. The second-order valence-corrected chi connectivity index (χ2v) is 5.47. The van der Waals surface area contributed by atoms with Crippen LogP contribution >= 0.6 is 0 Å². The predicted molar refractivity (Wildman–Crippen MR) is 84.3 cm³/mol. The summed E-state index contributed by atoms with van der Waals surface area (Å²) in [6.45, 7) is 6.72. The lowest BCUT2D eigenvalue weighted by Gasteiger charge is -2.36. The molecule has 1 rings (SSSR count). The minimum atomic E-state index is 0. The Morgan fingerprint density at radius 3 is 2.11 bits per heavy atom. The summed E-state index contributed by atoms with van der Waals surface area (Å²) in [6.07, 6.45) is 7.07. The zero-order valence-corrected chi connectivity index (χ0v) is 12.8. The molecule has 19 heavy (non-hydrogen) atoms. The van der Waals surface area contributed by atoms with Crippen molar-refractivity contribution in [3.05, 3.63) is 35.9 Å². The number of unbranched alkanes of at least 4 members (excludes halogenated alkanes) is 1. The molecule has 2 heteroatoms. The lowest BCUT2D eigenvalue weighted by atomic mass is 9.74. The second-order valence-electron chi connectivity index (χ2n) is 5.47. The van der Waals surface area contributed by atoms with Gasteiger partial charge in [-0.25, -0.2) is 0 Å². The fraction of sp³-hybridized carbons (Fsp3) is 0.647. The van der Waals surface area contributed by atoms with Crippen LogP contribution in [0.5, 0.6) is 0 Å². The average Bonchev–Trinajstić information content (AvgIpc) is 2.43. The first kappa shape index (κ1) is 18.1. The fourth-order valence-corrected chi connectivity index (χ4v) is 2.77. The molecule has 0 heterocycles. The van der Waals surface area contributed by atoms with Crippen molar-refractivity contribution in [2.24, 2.45) is 11.7 Å². The zero-order valence-electron chi connectivity index (χ0n) is 12.8. The van der Waals surface area contributed by atoms with Gasteiger partial charge in [0, 0.05) is 5.54 Å². The Morgan fingerprint density at radius 2 is 1.63 bits per heavy atom. The molecule has 0 saturated carbocycles. The summed E-state index contributed by atoms with van der Waals surface area (Å²) in [4.78, 5) is 0. The molecule has 4 N–H and O–H groups in total. The molecule has 0 aliphatic rings. The van der Waals surface area contributed by atoms with Crippen molar-refractivity contribution in [1.29, 1.82) is 0 Å². The van der Waals surface area contributed by atoms with Crippen LogP contribution in [-0.4, -0.2) is 11.0 Å². The van der Waals surface area contributed by atoms with Crippen molar-refractivity contribution in [3.8, 4) is 0 Å². The Hall–Kier alpha value is -0.860. The number of hydrogen-bond acceptors (Lipinski definition) is 1. The van der Waals surface area contributed by atoms with E-state index in [1.807, 2.05) is 0 Å². The molecule has 1 aromatic carbocycles. The van der Waals surface area contributed by atoms with Crippen LogP contribution < -0.4 is 5.73 Å². The Morgan fingerprint density at radius 1 is 1.05 bits per heavy atom. The van der Waals surface area contributed by atoms with E-state index >= 15 is 0 Å². The van der Waals surface area contributed by atoms with Crippen LogP contribution in [0.4, 0.5) is 0 Å². The van der Waals surface area contributed by atoms with Gasteiger partial charge >= 0.3 is 0 Å². The van der Waals surface area contributed by atoms with Crippen LogP contribution in [0.2, 0.25) is 0 Å². The van der Waals surface area contributed by atoms with Gasteiger partial charge in [-0.3, -0.25) is 0 Å². The Kier molecular flexibility index (Phi) is 8.70. The summed E-state index contributed by atoms with van der Waals surface area (Å²) in [5, 5.41) is 0. The van der Waals surface area contributed by atoms with Crippen LogP contribution in [0.15, 0.2) is 30.3 Å². The molecule has 0 aliphatic carbocycles. The lowest BCUT2D eigenvalue weighted by Crippen LogP contribution is -2.47. The lowest BCUT2D eigenvalue weighted by molar-refractivity contribution is 0.231. The largest absolute Gasteiger partial charge is 0.412 e. The van der Waals surface area contributed by atoms with E-state index < -0.39 is 0 Å². The van der Waals surface area contributed by atoms with Gasteiger partial charge in [0.2, 0.25) is 0 Å². The van der Waals surface area contributed by atoms with Crippen molar-refractivity contribution >= 4 is 0 Å². The summed E-state index contributed by atoms with van der Waals surface area (Å²) >= 11 is 0. The molecule has 0 fully saturated rings. The second kappa shape index (κ2) is 9.11. The number of hydrogen-bond donors (Lipinski definition) is 1. The summed E-state index contributed by atoms with van der Waals surface area (Å²) in [7, 11) is 0. The van der Waals surface area contributed by atoms with Gasteiger partial charge in [-0.15, -0.1) is 0 Å². The molecule has 0 aromatic heterocycles. The minimum Gasteiger partial charge on any atom is -0.412 e. The highest BCUT2D eigenvalue weighted by Crippen LogP contribution is 2.30. The molecule has 0 spiro atoms. The molecule has 2 nitrogen and oxygen atoms in total. The van der Waals surface area contributed by atoms with Crippen LogP contribution in [0, 0.1) is 5.92 Å². The third kappa shape index (κ3) is 5.33. The molecule has 1 unspecified atom stereocenters. The first-order valence-corrected chi connectivity index (χ1v) is 7.49. The van der Waals surface area contributed by atoms with Crippen LogP contribution in [-0.2, 0) is 6.42 Å². The van der Waals surface area contributed by atoms with Crippen molar-refractivity contribution in [2.75, 3.05) is 0 Å². The van der Waals surface area contributed by atoms with Crippen molar-refractivity contribution in [1.82, 2.24) is 0 Å². The molecule has 1 aromatic rings. The average molecular weight is 265 g/mol. The Balaban J connectivity index is 0.00000324. The normalized spacial score (nSPS) is 12.8. The molecule has 0 aliphatic heterocycles. The van der Waals surface area contributed by atoms with Gasteiger partial charge in [0.15, 0.2) is 0 Å².